The van der Waals surface area contributed by atoms with Gasteiger partial charge in [-0.3, -0.25) is 9.59 Å². The Morgan fingerprint density at radius 3 is 2.57 bits per heavy atom. The van der Waals surface area contributed by atoms with Crippen LogP contribution in [0.25, 0.3) is 0 Å². The molecule has 1 aliphatic carbocycles. The van der Waals surface area contributed by atoms with Gasteiger partial charge in [-0.1, -0.05) is 31.4 Å². The molecule has 2 N–H and O–H groups in total. The van der Waals surface area contributed by atoms with Gasteiger partial charge in [0.25, 0.3) is 11.8 Å². The first kappa shape index (κ1) is 20.3. The third-order valence-corrected chi connectivity index (χ3v) is 6.13. The number of fused-ring (bicyclic) bond motifs is 2. The molecular formula is C23H25FN2O4. The Morgan fingerprint density at radius 2 is 1.97 bits per heavy atom. The Morgan fingerprint density at radius 1 is 1.23 bits per heavy atom. The lowest BCUT2D eigenvalue weighted by atomic mass is 9.86. The molecule has 2 amide bonds. The number of carbonyl (C=O) groups excluding carboxylic acids is 2. The molecule has 1 aromatic carbocycles. The normalized spacial score (nSPS) is 28.7. The van der Waals surface area contributed by atoms with E-state index >= 15 is 0 Å². The molecule has 2 fully saturated rings. The molecule has 2 heterocycles. The Labute approximate surface area is 174 Å². The number of rotatable bonds is 7. The van der Waals surface area contributed by atoms with Gasteiger partial charge in [0.1, 0.15) is 18.5 Å². The minimum atomic E-state index is -0.814. The van der Waals surface area contributed by atoms with Gasteiger partial charge < -0.3 is 20.1 Å². The number of hydrogen-bond acceptors (Lipinski definition) is 4. The van der Waals surface area contributed by atoms with Gasteiger partial charge in [0.05, 0.1) is 24.7 Å². The summed E-state index contributed by atoms with van der Waals surface area (Å²) in [6.45, 7) is 8.08. The number of halogens is 1. The van der Waals surface area contributed by atoms with Crippen molar-refractivity contribution in [1.29, 1.82) is 0 Å². The molecule has 7 heteroatoms. The summed E-state index contributed by atoms with van der Waals surface area (Å²) in [4.78, 5) is 25.5. The number of hydrogen-bond donors (Lipinski definition) is 2. The van der Waals surface area contributed by atoms with Crippen molar-refractivity contribution in [3.05, 3.63) is 65.8 Å². The van der Waals surface area contributed by atoms with Crippen LogP contribution in [-0.4, -0.2) is 50.9 Å². The van der Waals surface area contributed by atoms with Crippen LogP contribution in [0.1, 0.15) is 32.2 Å². The predicted molar refractivity (Wildman–Crippen MR) is 110 cm³/mol. The van der Waals surface area contributed by atoms with Crippen LogP contribution >= 0.6 is 0 Å². The average Bonchev–Trinajstić information content (AvgIpc) is 3.12. The Kier molecular flexibility index (Phi) is 5.47. The fraction of sp³-hybridized carbons (Fsp3) is 0.391. The summed E-state index contributed by atoms with van der Waals surface area (Å²) in [6.07, 6.45) is 4.13. The molecule has 1 saturated carbocycles. The van der Waals surface area contributed by atoms with Crippen molar-refractivity contribution in [2.24, 2.45) is 11.8 Å². The lowest BCUT2D eigenvalue weighted by Crippen LogP contribution is -2.30. The van der Waals surface area contributed by atoms with Gasteiger partial charge in [0.15, 0.2) is 0 Å². The van der Waals surface area contributed by atoms with E-state index < -0.39 is 24.6 Å². The maximum atomic E-state index is 13.8. The van der Waals surface area contributed by atoms with Crippen LogP contribution in [-0.2, 0) is 4.74 Å². The van der Waals surface area contributed by atoms with Gasteiger partial charge >= 0.3 is 0 Å². The quantitative estimate of drug-likeness (QED) is 0.675. The monoisotopic (exact) mass is 412 g/mol. The lowest BCUT2D eigenvalue weighted by Gasteiger charge is -2.17. The van der Waals surface area contributed by atoms with E-state index in [1.807, 2.05) is 0 Å². The molecule has 158 valence electrons. The average molecular weight is 412 g/mol. The van der Waals surface area contributed by atoms with E-state index in [0.717, 1.165) is 0 Å². The molecule has 30 heavy (non-hydrogen) atoms. The zero-order valence-electron chi connectivity index (χ0n) is 16.8. The molecule has 3 unspecified atom stereocenters. The minimum Gasteiger partial charge on any atom is -0.486 e. The summed E-state index contributed by atoms with van der Waals surface area (Å²) in [6, 6.07) is 3.29. The van der Waals surface area contributed by atoms with Crippen LogP contribution in [0.15, 0.2) is 49.1 Å². The van der Waals surface area contributed by atoms with Crippen LogP contribution in [0.3, 0.4) is 0 Å². The summed E-state index contributed by atoms with van der Waals surface area (Å²) in [5.41, 5.74) is 1.85. The first-order valence-electron chi connectivity index (χ1n) is 10.00. The Hall–Kier alpha value is -2.93. The van der Waals surface area contributed by atoms with E-state index in [9.17, 15) is 14.0 Å². The highest BCUT2D eigenvalue weighted by atomic mass is 19.1. The largest absolute Gasteiger partial charge is 0.486 e. The van der Waals surface area contributed by atoms with Crippen molar-refractivity contribution in [1.82, 2.24) is 10.6 Å². The van der Waals surface area contributed by atoms with Crippen molar-refractivity contribution in [2.45, 2.75) is 18.1 Å². The van der Waals surface area contributed by atoms with Crippen molar-refractivity contribution >= 4 is 11.8 Å². The van der Waals surface area contributed by atoms with Gasteiger partial charge in [-0.25, -0.2) is 4.39 Å². The van der Waals surface area contributed by atoms with E-state index in [2.05, 4.69) is 23.8 Å². The maximum absolute atomic E-state index is 13.8. The highest BCUT2D eigenvalue weighted by Gasteiger charge is 2.54. The second-order valence-electron chi connectivity index (χ2n) is 7.78. The Balaban J connectivity index is 1.74. The summed E-state index contributed by atoms with van der Waals surface area (Å²) in [5, 5.41) is 5.61. The van der Waals surface area contributed by atoms with E-state index in [1.165, 1.54) is 13.1 Å². The SMILES string of the molecule is C=C/C=C(\C=C)[C@H]1c2cc(C(=O)NC3C4COCC43)cc(C(=O)NC)c2OC1CF. The van der Waals surface area contributed by atoms with Gasteiger partial charge in [-0.05, 0) is 17.7 Å². The molecule has 3 aliphatic rings. The van der Waals surface area contributed by atoms with Crippen LogP contribution in [0.4, 0.5) is 4.39 Å². The number of allylic oxidation sites excluding steroid dienone is 3. The summed E-state index contributed by atoms with van der Waals surface area (Å²) >= 11 is 0. The van der Waals surface area contributed by atoms with Crippen molar-refractivity contribution < 1.29 is 23.5 Å². The highest BCUT2D eigenvalue weighted by molar-refractivity contribution is 6.02. The Bertz CT molecular complexity index is 931. The van der Waals surface area contributed by atoms with E-state index in [-0.39, 0.29) is 17.5 Å². The second kappa shape index (κ2) is 8.07. The van der Waals surface area contributed by atoms with Crippen LogP contribution < -0.4 is 15.4 Å². The molecule has 0 bridgehead atoms. The smallest absolute Gasteiger partial charge is 0.254 e. The molecule has 4 rings (SSSR count). The number of benzene rings is 1. The number of carbonyl (C=O) groups is 2. The van der Waals surface area contributed by atoms with Crippen LogP contribution in [0.2, 0.25) is 0 Å². The van der Waals surface area contributed by atoms with Crippen LogP contribution in [0, 0.1) is 11.8 Å². The zero-order chi connectivity index (χ0) is 21.4. The predicted octanol–water partition coefficient (Wildman–Crippen LogP) is 2.53. The molecule has 1 saturated heterocycles. The fourth-order valence-electron chi connectivity index (χ4n) is 4.51. The standard InChI is InChI=1S/C23H25FN2O4/c1-4-6-12(5-2)19-14-7-13(22(27)26-20-16-10-29-11-17(16)20)8-15(23(28)25-3)21(14)30-18(19)9-24/h4-8,16-20H,1-2,9-11H2,3H3,(H,25,28)(H,26,27)/b12-6+/t16?,17?,18?,19-,20?/m0/s1. The molecule has 2 aliphatic heterocycles. The highest BCUT2D eigenvalue weighted by Crippen LogP contribution is 2.46. The minimum absolute atomic E-state index is 0.0954. The zero-order valence-corrected chi connectivity index (χ0v) is 16.8. The number of ether oxygens (including phenoxy) is 2. The molecule has 6 nitrogen and oxygen atoms in total. The second-order valence-corrected chi connectivity index (χ2v) is 7.78. The van der Waals surface area contributed by atoms with Gasteiger partial charge in [0, 0.05) is 36.1 Å². The van der Waals surface area contributed by atoms with Gasteiger partial charge in [-0.15, -0.1) is 0 Å². The third kappa shape index (κ3) is 3.33. The van der Waals surface area contributed by atoms with Gasteiger partial charge in [-0.2, -0.15) is 0 Å². The molecule has 0 spiro atoms. The fourth-order valence-corrected chi connectivity index (χ4v) is 4.51. The molecule has 0 radical (unpaired) electrons. The first-order chi connectivity index (χ1) is 14.5. The van der Waals surface area contributed by atoms with E-state index in [0.29, 0.717) is 47.5 Å². The van der Waals surface area contributed by atoms with Gasteiger partial charge in [0.2, 0.25) is 0 Å². The molecular weight excluding hydrogens is 387 g/mol. The van der Waals surface area contributed by atoms with Crippen molar-refractivity contribution in [3.8, 4) is 5.75 Å². The number of nitrogens with one attached hydrogen (secondary N) is 2. The topological polar surface area (TPSA) is 76.7 Å². The summed E-state index contributed by atoms with van der Waals surface area (Å²) < 4.78 is 25.0. The van der Waals surface area contributed by atoms with Crippen LogP contribution in [0.5, 0.6) is 5.75 Å². The van der Waals surface area contributed by atoms with Crippen molar-refractivity contribution in [2.75, 3.05) is 26.9 Å². The molecule has 4 atom stereocenters. The number of alkyl halides is 1. The lowest BCUT2D eigenvalue weighted by molar-refractivity contribution is 0.0929. The number of amides is 2. The molecule has 0 aromatic heterocycles. The van der Waals surface area contributed by atoms with E-state index in [4.69, 9.17) is 9.47 Å². The van der Waals surface area contributed by atoms with Crippen molar-refractivity contribution in [3.63, 3.8) is 0 Å². The summed E-state index contributed by atoms with van der Waals surface area (Å²) in [5.74, 6) is -0.146. The van der Waals surface area contributed by atoms with E-state index in [1.54, 1.807) is 24.3 Å². The molecule has 1 aromatic rings. The third-order valence-electron chi connectivity index (χ3n) is 6.13. The first-order valence-corrected chi connectivity index (χ1v) is 10.00. The maximum Gasteiger partial charge on any atom is 0.254 e. The summed E-state index contributed by atoms with van der Waals surface area (Å²) in [7, 11) is 1.50.